The highest BCUT2D eigenvalue weighted by molar-refractivity contribution is 6.01. The lowest BCUT2D eigenvalue weighted by molar-refractivity contribution is -0.121. The van der Waals surface area contributed by atoms with Crippen molar-refractivity contribution < 1.29 is 14.3 Å². The second-order valence-corrected chi connectivity index (χ2v) is 9.01. The van der Waals surface area contributed by atoms with Crippen LogP contribution in [-0.2, 0) is 9.53 Å². The standard InChI is InChI=1S/C28H40O3/c1-4-6-8-9-11-12-23-14-16-24(17-15-23)25-18-20-26(21-19-25)28(30)31-22(3)27(29)13-10-7-5-2/h18-24H,4-9,11-12,14-17H2,1-3H3. The zero-order chi connectivity index (χ0) is 22.5. The summed E-state index contributed by atoms with van der Waals surface area (Å²) in [5.41, 5.74) is 1.80. The van der Waals surface area contributed by atoms with Crippen LogP contribution in [0.25, 0.3) is 0 Å². The first kappa shape index (κ1) is 25.2. The number of carbonyl (C=O) groups excluding carboxylic acids is 2. The van der Waals surface area contributed by atoms with E-state index in [0.29, 0.717) is 17.9 Å². The maximum atomic E-state index is 12.4. The molecule has 0 bridgehead atoms. The summed E-state index contributed by atoms with van der Waals surface area (Å²) in [6.07, 6.45) is 14.1. The molecule has 0 amide bonds. The number of hydrogen-bond acceptors (Lipinski definition) is 3. The largest absolute Gasteiger partial charge is 0.450 e. The van der Waals surface area contributed by atoms with Crippen LogP contribution in [0.1, 0.15) is 120 Å². The van der Waals surface area contributed by atoms with Gasteiger partial charge in [-0.3, -0.25) is 4.79 Å². The van der Waals surface area contributed by atoms with Gasteiger partial charge in [0.1, 0.15) is 0 Å². The third-order valence-corrected chi connectivity index (χ3v) is 6.42. The molecule has 0 radical (unpaired) electrons. The third-order valence-electron chi connectivity index (χ3n) is 6.42. The molecule has 1 saturated carbocycles. The smallest absolute Gasteiger partial charge is 0.338 e. The van der Waals surface area contributed by atoms with Gasteiger partial charge in [0.05, 0.1) is 5.56 Å². The van der Waals surface area contributed by atoms with Crippen LogP contribution in [0.15, 0.2) is 24.3 Å². The molecule has 2 rings (SSSR count). The Morgan fingerprint density at radius 1 is 0.968 bits per heavy atom. The van der Waals surface area contributed by atoms with E-state index in [9.17, 15) is 9.59 Å². The quantitative estimate of drug-likeness (QED) is 0.163. The first-order chi connectivity index (χ1) is 15.0. The van der Waals surface area contributed by atoms with Gasteiger partial charge < -0.3 is 4.74 Å². The molecule has 0 aromatic heterocycles. The van der Waals surface area contributed by atoms with Gasteiger partial charge in [0.25, 0.3) is 0 Å². The van der Waals surface area contributed by atoms with E-state index < -0.39 is 12.1 Å². The van der Waals surface area contributed by atoms with Crippen LogP contribution in [-0.4, -0.2) is 17.9 Å². The van der Waals surface area contributed by atoms with Crippen LogP contribution >= 0.6 is 0 Å². The normalized spacial score (nSPS) is 19.2. The molecule has 1 aliphatic carbocycles. The highest BCUT2D eigenvalue weighted by Crippen LogP contribution is 2.37. The molecule has 3 heteroatoms. The molecule has 0 heterocycles. The fraction of sp³-hybridized carbons (Fsp3) is 0.643. The molecular weight excluding hydrogens is 384 g/mol. The highest BCUT2D eigenvalue weighted by atomic mass is 16.5. The number of ether oxygens (including phenoxy) is 1. The number of Topliss-reactive ketones (excluding diaryl/α,β-unsaturated/α-hetero) is 1. The minimum absolute atomic E-state index is 0.347. The highest BCUT2D eigenvalue weighted by Gasteiger charge is 2.23. The Kier molecular flexibility index (Phi) is 11.4. The summed E-state index contributed by atoms with van der Waals surface area (Å²) < 4.78 is 5.30. The summed E-state index contributed by atoms with van der Waals surface area (Å²) in [5, 5.41) is 0. The molecule has 1 aromatic rings. The Labute approximate surface area is 189 Å². The Hall–Kier alpha value is -2.08. The summed E-state index contributed by atoms with van der Waals surface area (Å²) in [7, 11) is 0. The van der Waals surface area contributed by atoms with Crippen molar-refractivity contribution in [2.24, 2.45) is 5.92 Å². The molecule has 0 spiro atoms. The van der Waals surface area contributed by atoms with Crippen molar-refractivity contribution in [2.45, 2.75) is 110 Å². The SMILES string of the molecule is CCCC#CC(=O)C(C)OC(=O)c1ccc(C2CCC(CCCCCCC)CC2)cc1. The first-order valence-corrected chi connectivity index (χ1v) is 12.4. The monoisotopic (exact) mass is 424 g/mol. The molecule has 0 saturated heterocycles. The van der Waals surface area contributed by atoms with Crippen LogP contribution in [0.4, 0.5) is 0 Å². The second-order valence-electron chi connectivity index (χ2n) is 9.01. The molecule has 0 N–H and O–H groups in total. The first-order valence-electron chi connectivity index (χ1n) is 12.4. The van der Waals surface area contributed by atoms with Crippen molar-refractivity contribution in [3.63, 3.8) is 0 Å². The van der Waals surface area contributed by atoms with Gasteiger partial charge in [-0.1, -0.05) is 70.4 Å². The fourth-order valence-corrected chi connectivity index (χ4v) is 4.37. The van der Waals surface area contributed by atoms with Gasteiger partial charge in [-0.05, 0) is 74.5 Å². The number of esters is 1. The van der Waals surface area contributed by atoms with Crippen LogP contribution in [0.2, 0.25) is 0 Å². The summed E-state index contributed by atoms with van der Waals surface area (Å²) in [6, 6.07) is 7.77. The molecule has 1 aliphatic rings. The second kappa shape index (κ2) is 14.1. The Balaban J connectivity index is 1.77. The minimum atomic E-state index is -0.839. The number of carbonyl (C=O) groups is 2. The Morgan fingerprint density at radius 2 is 1.65 bits per heavy atom. The lowest BCUT2D eigenvalue weighted by atomic mass is 9.77. The van der Waals surface area contributed by atoms with E-state index in [1.54, 1.807) is 6.92 Å². The number of unbranched alkanes of at least 4 members (excludes halogenated alkanes) is 5. The van der Waals surface area contributed by atoms with Crippen LogP contribution in [0.3, 0.4) is 0 Å². The molecule has 170 valence electrons. The summed E-state index contributed by atoms with van der Waals surface area (Å²) in [5.74, 6) is 6.03. The van der Waals surface area contributed by atoms with Crippen molar-refractivity contribution in [3.8, 4) is 11.8 Å². The van der Waals surface area contributed by atoms with Crippen molar-refractivity contribution in [2.75, 3.05) is 0 Å². The van der Waals surface area contributed by atoms with Crippen molar-refractivity contribution in [1.82, 2.24) is 0 Å². The zero-order valence-electron chi connectivity index (χ0n) is 19.8. The van der Waals surface area contributed by atoms with E-state index in [2.05, 4.69) is 30.9 Å². The summed E-state index contributed by atoms with van der Waals surface area (Å²) >= 11 is 0. The maximum Gasteiger partial charge on any atom is 0.338 e. The average molecular weight is 425 g/mol. The predicted octanol–water partition coefficient (Wildman–Crippen LogP) is 7.24. The lowest BCUT2D eigenvalue weighted by Crippen LogP contribution is -2.23. The van der Waals surface area contributed by atoms with Crippen molar-refractivity contribution in [3.05, 3.63) is 35.4 Å². The molecule has 1 aromatic carbocycles. The van der Waals surface area contributed by atoms with Crippen molar-refractivity contribution >= 4 is 11.8 Å². The van der Waals surface area contributed by atoms with E-state index >= 15 is 0 Å². The van der Waals surface area contributed by atoms with Crippen LogP contribution in [0, 0.1) is 17.8 Å². The molecule has 31 heavy (non-hydrogen) atoms. The zero-order valence-corrected chi connectivity index (χ0v) is 19.8. The van der Waals surface area contributed by atoms with Crippen molar-refractivity contribution in [1.29, 1.82) is 0 Å². The topological polar surface area (TPSA) is 43.4 Å². The Morgan fingerprint density at radius 3 is 2.29 bits per heavy atom. The van der Waals surface area contributed by atoms with E-state index in [0.717, 1.165) is 12.3 Å². The maximum absolute atomic E-state index is 12.4. The minimum Gasteiger partial charge on any atom is -0.450 e. The van der Waals surface area contributed by atoms with E-state index in [1.165, 1.54) is 69.8 Å². The van der Waals surface area contributed by atoms with Gasteiger partial charge in [-0.25, -0.2) is 4.79 Å². The molecule has 3 nitrogen and oxygen atoms in total. The van der Waals surface area contributed by atoms with Gasteiger partial charge in [-0.2, -0.15) is 0 Å². The van der Waals surface area contributed by atoms with Crippen LogP contribution in [0.5, 0.6) is 0 Å². The Bertz CT molecular complexity index is 730. The van der Waals surface area contributed by atoms with E-state index in [1.807, 2.05) is 19.1 Å². The van der Waals surface area contributed by atoms with Gasteiger partial charge in [0.15, 0.2) is 6.10 Å². The number of rotatable bonds is 11. The third kappa shape index (κ3) is 8.90. The average Bonchev–Trinajstić information content (AvgIpc) is 2.79. The molecule has 1 atom stereocenters. The number of ketones is 1. The predicted molar refractivity (Wildman–Crippen MR) is 127 cm³/mol. The van der Waals surface area contributed by atoms with Gasteiger partial charge in [0.2, 0.25) is 5.78 Å². The fourth-order valence-electron chi connectivity index (χ4n) is 4.37. The van der Waals surface area contributed by atoms with Gasteiger partial charge >= 0.3 is 5.97 Å². The number of benzene rings is 1. The van der Waals surface area contributed by atoms with Gasteiger partial charge in [-0.15, -0.1) is 0 Å². The van der Waals surface area contributed by atoms with E-state index in [4.69, 9.17) is 4.74 Å². The molecule has 1 unspecified atom stereocenters. The molecule has 1 fully saturated rings. The molecular formula is C28H40O3. The summed E-state index contributed by atoms with van der Waals surface area (Å²) in [4.78, 5) is 24.3. The van der Waals surface area contributed by atoms with Crippen LogP contribution < -0.4 is 0 Å². The number of hydrogen-bond donors (Lipinski definition) is 0. The van der Waals surface area contributed by atoms with Gasteiger partial charge in [0, 0.05) is 6.42 Å². The summed E-state index contributed by atoms with van der Waals surface area (Å²) in [6.45, 7) is 5.86. The van der Waals surface area contributed by atoms with E-state index in [-0.39, 0.29) is 5.78 Å². The lowest BCUT2D eigenvalue weighted by Gasteiger charge is -2.29. The molecule has 0 aliphatic heterocycles.